The second-order valence-electron chi connectivity index (χ2n) is 6.24. The summed E-state index contributed by atoms with van der Waals surface area (Å²) in [6.07, 6.45) is 3.85. The molecule has 1 heterocycles. The van der Waals surface area contributed by atoms with Crippen LogP contribution in [0, 0.1) is 0 Å². The first-order valence-corrected chi connectivity index (χ1v) is 8.67. The van der Waals surface area contributed by atoms with Crippen LogP contribution in [0.25, 0.3) is 0 Å². The molecule has 1 aliphatic rings. The van der Waals surface area contributed by atoms with Crippen LogP contribution in [0.2, 0.25) is 0 Å². The highest BCUT2D eigenvalue weighted by molar-refractivity contribution is 5.77. The second kappa shape index (κ2) is 8.92. The van der Waals surface area contributed by atoms with Crippen LogP contribution < -0.4 is 4.74 Å². The molecule has 0 aromatic heterocycles. The minimum Gasteiger partial charge on any atom is -0.496 e. The number of hydrogen-bond acceptors (Lipinski definition) is 3. The fraction of sp³-hybridized carbons (Fsp3) is 0.632. The van der Waals surface area contributed by atoms with E-state index in [9.17, 15) is 4.79 Å². The van der Waals surface area contributed by atoms with Gasteiger partial charge in [-0.15, -0.1) is 0 Å². The van der Waals surface area contributed by atoms with E-state index in [2.05, 4.69) is 6.92 Å². The molecule has 1 aromatic carbocycles. The van der Waals surface area contributed by atoms with Crippen LogP contribution in [0.3, 0.4) is 0 Å². The monoisotopic (exact) mass is 319 g/mol. The Bertz CT molecular complexity index is 503. The highest BCUT2D eigenvalue weighted by atomic mass is 16.5. The Balaban J connectivity index is 2.01. The fourth-order valence-corrected chi connectivity index (χ4v) is 3.32. The van der Waals surface area contributed by atoms with Gasteiger partial charge in [-0.2, -0.15) is 0 Å². The molecule has 2 rings (SSSR count). The van der Waals surface area contributed by atoms with Crippen molar-refractivity contribution in [3.8, 4) is 5.75 Å². The first-order valence-electron chi connectivity index (χ1n) is 8.67. The lowest BCUT2D eigenvalue weighted by Gasteiger charge is -2.36. The first-order chi connectivity index (χ1) is 11.2. The highest BCUT2D eigenvalue weighted by Gasteiger charge is 2.28. The van der Waals surface area contributed by atoms with Crippen LogP contribution in [0.15, 0.2) is 24.3 Å². The molecule has 0 radical (unpaired) electrons. The Labute approximate surface area is 139 Å². The maximum atomic E-state index is 12.8. The average molecular weight is 319 g/mol. The molecule has 1 amide bonds. The van der Waals surface area contributed by atoms with Gasteiger partial charge >= 0.3 is 0 Å². The largest absolute Gasteiger partial charge is 0.496 e. The van der Waals surface area contributed by atoms with Crippen LogP contribution in [-0.4, -0.2) is 43.7 Å². The molecule has 0 aliphatic carbocycles. The van der Waals surface area contributed by atoms with Gasteiger partial charge in [-0.05, 0) is 43.7 Å². The summed E-state index contributed by atoms with van der Waals surface area (Å²) >= 11 is 0. The number of piperidine rings is 1. The van der Waals surface area contributed by atoms with Gasteiger partial charge in [0, 0.05) is 19.6 Å². The number of para-hydroxylation sites is 1. The zero-order chi connectivity index (χ0) is 16.7. The molecule has 1 aromatic rings. The third kappa shape index (κ3) is 4.71. The summed E-state index contributed by atoms with van der Waals surface area (Å²) in [4.78, 5) is 14.8. The summed E-state index contributed by atoms with van der Waals surface area (Å²) in [7, 11) is 1.68. The summed E-state index contributed by atoms with van der Waals surface area (Å²) in [6, 6.07) is 8.19. The van der Waals surface area contributed by atoms with E-state index < -0.39 is 0 Å². The lowest BCUT2D eigenvalue weighted by molar-refractivity contribution is -0.136. The topological polar surface area (TPSA) is 38.8 Å². The van der Waals surface area contributed by atoms with Crippen molar-refractivity contribution in [2.24, 2.45) is 0 Å². The molecule has 4 nitrogen and oxygen atoms in total. The van der Waals surface area contributed by atoms with E-state index in [4.69, 9.17) is 9.47 Å². The normalized spacial score (nSPS) is 19.4. The minimum atomic E-state index is 0.147. The van der Waals surface area contributed by atoms with Crippen LogP contribution in [0.1, 0.15) is 51.0 Å². The summed E-state index contributed by atoms with van der Waals surface area (Å²) in [6.45, 7) is 6.31. The summed E-state index contributed by atoms with van der Waals surface area (Å²) in [5, 5.41) is 0. The van der Waals surface area contributed by atoms with E-state index in [0.717, 1.165) is 30.7 Å². The van der Waals surface area contributed by atoms with E-state index in [-0.39, 0.29) is 17.9 Å². The predicted molar refractivity (Wildman–Crippen MR) is 91.9 cm³/mol. The number of hydrogen-bond donors (Lipinski definition) is 0. The molecule has 2 atom stereocenters. The van der Waals surface area contributed by atoms with Crippen molar-refractivity contribution < 1.29 is 14.3 Å². The fourth-order valence-electron chi connectivity index (χ4n) is 3.32. The smallest absolute Gasteiger partial charge is 0.223 e. The zero-order valence-electron chi connectivity index (χ0n) is 14.6. The second-order valence-corrected chi connectivity index (χ2v) is 6.24. The van der Waals surface area contributed by atoms with Gasteiger partial charge in [0.15, 0.2) is 0 Å². The standard InChI is InChI=1S/C19H29NO3/c1-4-23-14-16-9-7-8-12-20(16)19(21)13-15(2)17-10-5-6-11-18(17)22-3/h5-6,10-11,15-16H,4,7-9,12-14H2,1-3H3/t15-,16-/m0/s1. The SMILES string of the molecule is CCOC[C@@H]1CCCCN1C(=O)C[C@H](C)c1ccccc1OC. The van der Waals surface area contributed by atoms with Crippen molar-refractivity contribution in [1.29, 1.82) is 0 Å². The molecule has 0 bridgehead atoms. The van der Waals surface area contributed by atoms with Crippen molar-refractivity contribution in [2.75, 3.05) is 26.9 Å². The van der Waals surface area contributed by atoms with Gasteiger partial charge in [0.2, 0.25) is 5.91 Å². The number of benzene rings is 1. The summed E-state index contributed by atoms with van der Waals surface area (Å²) in [5.41, 5.74) is 1.10. The quantitative estimate of drug-likeness (QED) is 0.770. The number of carbonyl (C=O) groups is 1. The number of likely N-dealkylation sites (tertiary alicyclic amines) is 1. The summed E-state index contributed by atoms with van der Waals surface area (Å²) < 4.78 is 11.0. The van der Waals surface area contributed by atoms with E-state index in [0.29, 0.717) is 19.6 Å². The van der Waals surface area contributed by atoms with Gasteiger partial charge in [0.05, 0.1) is 19.8 Å². The zero-order valence-corrected chi connectivity index (χ0v) is 14.6. The summed E-state index contributed by atoms with van der Waals surface area (Å²) in [5.74, 6) is 1.23. The Morgan fingerprint density at radius 3 is 2.87 bits per heavy atom. The first kappa shape index (κ1) is 17.8. The molecular weight excluding hydrogens is 290 g/mol. The number of carbonyl (C=O) groups excluding carboxylic acids is 1. The van der Waals surface area contributed by atoms with Crippen LogP contribution in [-0.2, 0) is 9.53 Å². The van der Waals surface area contributed by atoms with Gasteiger partial charge in [0.25, 0.3) is 0 Å². The molecule has 0 N–H and O–H groups in total. The maximum absolute atomic E-state index is 12.8. The average Bonchev–Trinajstić information content (AvgIpc) is 2.60. The number of nitrogens with zero attached hydrogens (tertiary/aromatic N) is 1. The highest BCUT2D eigenvalue weighted by Crippen LogP contribution is 2.30. The van der Waals surface area contributed by atoms with Gasteiger partial charge in [-0.3, -0.25) is 4.79 Å². The molecule has 1 saturated heterocycles. The van der Waals surface area contributed by atoms with Gasteiger partial charge in [0.1, 0.15) is 5.75 Å². The Morgan fingerprint density at radius 1 is 1.35 bits per heavy atom. The Morgan fingerprint density at radius 2 is 2.13 bits per heavy atom. The van der Waals surface area contributed by atoms with Crippen molar-refractivity contribution in [3.63, 3.8) is 0 Å². The molecule has 128 valence electrons. The Hall–Kier alpha value is -1.55. The molecule has 0 spiro atoms. The van der Waals surface area contributed by atoms with Crippen molar-refractivity contribution >= 4 is 5.91 Å². The van der Waals surface area contributed by atoms with Gasteiger partial charge in [-0.25, -0.2) is 0 Å². The van der Waals surface area contributed by atoms with Crippen molar-refractivity contribution in [2.45, 2.75) is 51.5 Å². The van der Waals surface area contributed by atoms with Crippen molar-refractivity contribution in [1.82, 2.24) is 4.90 Å². The van der Waals surface area contributed by atoms with E-state index >= 15 is 0 Å². The molecular formula is C19H29NO3. The lowest BCUT2D eigenvalue weighted by atomic mass is 9.94. The number of methoxy groups -OCH3 is 1. The minimum absolute atomic E-state index is 0.147. The molecule has 0 saturated carbocycles. The molecule has 1 aliphatic heterocycles. The van der Waals surface area contributed by atoms with E-state index in [1.165, 1.54) is 6.42 Å². The van der Waals surface area contributed by atoms with E-state index in [1.807, 2.05) is 36.1 Å². The molecule has 4 heteroatoms. The molecule has 0 unspecified atom stereocenters. The Kier molecular flexibility index (Phi) is 6.90. The lowest BCUT2D eigenvalue weighted by Crippen LogP contribution is -2.46. The molecule has 23 heavy (non-hydrogen) atoms. The van der Waals surface area contributed by atoms with E-state index in [1.54, 1.807) is 7.11 Å². The maximum Gasteiger partial charge on any atom is 0.223 e. The van der Waals surface area contributed by atoms with Gasteiger partial charge < -0.3 is 14.4 Å². The van der Waals surface area contributed by atoms with Crippen molar-refractivity contribution in [3.05, 3.63) is 29.8 Å². The number of amides is 1. The third-order valence-corrected chi connectivity index (χ3v) is 4.61. The van der Waals surface area contributed by atoms with Crippen LogP contribution >= 0.6 is 0 Å². The van der Waals surface area contributed by atoms with Gasteiger partial charge in [-0.1, -0.05) is 25.1 Å². The predicted octanol–water partition coefficient (Wildman–Crippen LogP) is 3.61. The number of rotatable bonds is 7. The van der Waals surface area contributed by atoms with Crippen LogP contribution in [0.5, 0.6) is 5.75 Å². The number of ether oxygens (including phenoxy) is 2. The third-order valence-electron chi connectivity index (χ3n) is 4.61. The molecule has 1 fully saturated rings. The van der Waals surface area contributed by atoms with Crippen LogP contribution in [0.4, 0.5) is 0 Å².